The third-order valence-electron chi connectivity index (χ3n) is 4.53. The molecule has 0 aromatic heterocycles. The normalized spacial score (nSPS) is 30.6. The van der Waals surface area contributed by atoms with Crippen LogP contribution in [0.5, 0.6) is 0 Å². The van der Waals surface area contributed by atoms with Gasteiger partial charge in [0.25, 0.3) is 0 Å². The molecule has 0 amide bonds. The van der Waals surface area contributed by atoms with Crippen molar-refractivity contribution in [2.75, 3.05) is 20.3 Å². The summed E-state index contributed by atoms with van der Waals surface area (Å²) in [5.74, 6) is 0. The van der Waals surface area contributed by atoms with Gasteiger partial charge in [0.05, 0.1) is 0 Å². The predicted molar refractivity (Wildman–Crippen MR) is 67.6 cm³/mol. The highest BCUT2D eigenvalue weighted by Crippen LogP contribution is 2.48. The minimum Gasteiger partial charge on any atom is -0.385 e. The van der Waals surface area contributed by atoms with Crippen molar-refractivity contribution in [3.63, 3.8) is 0 Å². The molecular formula is C14H27NO. The summed E-state index contributed by atoms with van der Waals surface area (Å²) in [5.41, 5.74) is 1.17. The molecule has 2 saturated carbocycles. The quantitative estimate of drug-likeness (QED) is 0.750. The number of rotatable bonds is 6. The van der Waals surface area contributed by atoms with Crippen molar-refractivity contribution in [2.24, 2.45) is 10.8 Å². The largest absolute Gasteiger partial charge is 0.385 e. The average Bonchev–Trinajstić information content (AvgIpc) is 2.92. The van der Waals surface area contributed by atoms with Gasteiger partial charge in [-0.2, -0.15) is 0 Å². The summed E-state index contributed by atoms with van der Waals surface area (Å²) in [6, 6.07) is 0.773. The Morgan fingerprint density at radius 2 is 2.00 bits per heavy atom. The van der Waals surface area contributed by atoms with Crippen LogP contribution in [0.4, 0.5) is 0 Å². The van der Waals surface area contributed by atoms with Crippen LogP contribution in [0.1, 0.15) is 52.4 Å². The maximum atomic E-state index is 5.19. The van der Waals surface area contributed by atoms with E-state index >= 15 is 0 Å². The summed E-state index contributed by atoms with van der Waals surface area (Å²) in [5, 5.41) is 3.79. The predicted octanol–water partition coefficient (Wildman–Crippen LogP) is 2.97. The number of methoxy groups -OCH3 is 1. The summed E-state index contributed by atoms with van der Waals surface area (Å²) in [6.07, 6.45) is 8.15. The van der Waals surface area contributed by atoms with Crippen LogP contribution < -0.4 is 5.32 Å². The highest BCUT2D eigenvalue weighted by atomic mass is 16.5. The maximum Gasteiger partial charge on any atom is 0.0468 e. The smallest absolute Gasteiger partial charge is 0.0468 e. The van der Waals surface area contributed by atoms with Crippen LogP contribution in [-0.2, 0) is 4.74 Å². The van der Waals surface area contributed by atoms with Crippen LogP contribution in [0.25, 0.3) is 0 Å². The molecule has 0 aliphatic heterocycles. The first kappa shape index (κ1) is 12.4. The molecule has 0 aromatic carbocycles. The van der Waals surface area contributed by atoms with E-state index in [1.54, 1.807) is 0 Å². The molecule has 2 aliphatic carbocycles. The Hall–Kier alpha value is -0.0800. The Kier molecular flexibility index (Phi) is 3.60. The van der Waals surface area contributed by atoms with Crippen LogP contribution >= 0.6 is 0 Å². The van der Waals surface area contributed by atoms with Gasteiger partial charge < -0.3 is 10.1 Å². The van der Waals surface area contributed by atoms with Crippen LogP contribution in [-0.4, -0.2) is 26.3 Å². The second kappa shape index (κ2) is 4.66. The van der Waals surface area contributed by atoms with Crippen molar-refractivity contribution in [1.29, 1.82) is 0 Å². The zero-order valence-electron chi connectivity index (χ0n) is 11.1. The molecule has 0 aromatic rings. The van der Waals surface area contributed by atoms with Gasteiger partial charge in [-0.3, -0.25) is 0 Å². The van der Waals surface area contributed by atoms with Gasteiger partial charge in [-0.05, 0) is 49.4 Å². The van der Waals surface area contributed by atoms with Crippen LogP contribution in [0.15, 0.2) is 0 Å². The van der Waals surface area contributed by atoms with Crippen molar-refractivity contribution in [2.45, 2.75) is 58.4 Å². The second-order valence-corrected chi connectivity index (χ2v) is 6.73. The zero-order chi connectivity index (χ0) is 11.6. The summed E-state index contributed by atoms with van der Waals surface area (Å²) < 4.78 is 5.19. The fourth-order valence-corrected chi connectivity index (χ4v) is 2.98. The third-order valence-corrected chi connectivity index (χ3v) is 4.53. The van der Waals surface area contributed by atoms with Gasteiger partial charge in [0, 0.05) is 26.3 Å². The van der Waals surface area contributed by atoms with Crippen molar-refractivity contribution < 1.29 is 4.74 Å². The molecule has 94 valence electrons. The SMILES string of the molecule is COCCC1(CNC2CCC(C)(C)C2)CC1. The van der Waals surface area contributed by atoms with E-state index < -0.39 is 0 Å². The summed E-state index contributed by atoms with van der Waals surface area (Å²) in [6.45, 7) is 6.94. The Balaban J connectivity index is 1.68. The van der Waals surface area contributed by atoms with Gasteiger partial charge in [-0.15, -0.1) is 0 Å². The lowest BCUT2D eigenvalue weighted by Gasteiger charge is -2.21. The molecule has 0 spiro atoms. The Labute approximate surface area is 100 Å². The molecule has 2 nitrogen and oxygen atoms in total. The lowest BCUT2D eigenvalue weighted by Crippen LogP contribution is -2.33. The summed E-state index contributed by atoms with van der Waals surface area (Å²) in [4.78, 5) is 0. The lowest BCUT2D eigenvalue weighted by molar-refractivity contribution is 0.170. The van der Waals surface area contributed by atoms with Crippen molar-refractivity contribution >= 4 is 0 Å². The van der Waals surface area contributed by atoms with E-state index in [9.17, 15) is 0 Å². The number of ether oxygens (including phenoxy) is 1. The Bertz CT molecular complexity index is 233. The van der Waals surface area contributed by atoms with Crippen molar-refractivity contribution in [1.82, 2.24) is 5.32 Å². The van der Waals surface area contributed by atoms with Crippen molar-refractivity contribution in [3.8, 4) is 0 Å². The van der Waals surface area contributed by atoms with E-state index in [0.717, 1.165) is 12.6 Å². The number of hydrogen-bond donors (Lipinski definition) is 1. The molecule has 0 radical (unpaired) electrons. The Morgan fingerprint density at radius 1 is 1.25 bits per heavy atom. The van der Waals surface area contributed by atoms with Crippen LogP contribution in [0, 0.1) is 10.8 Å². The van der Waals surface area contributed by atoms with Gasteiger partial charge in [-0.1, -0.05) is 13.8 Å². The van der Waals surface area contributed by atoms with Gasteiger partial charge in [0.2, 0.25) is 0 Å². The highest BCUT2D eigenvalue weighted by molar-refractivity contribution is 4.96. The summed E-state index contributed by atoms with van der Waals surface area (Å²) >= 11 is 0. The molecule has 2 rings (SSSR count). The molecular weight excluding hydrogens is 198 g/mol. The first-order chi connectivity index (χ1) is 7.55. The van der Waals surface area contributed by atoms with Crippen molar-refractivity contribution in [3.05, 3.63) is 0 Å². The minimum absolute atomic E-state index is 0.570. The fourth-order valence-electron chi connectivity index (χ4n) is 2.98. The van der Waals surface area contributed by atoms with Crippen LogP contribution in [0.3, 0.4) is 0 Å². The van der Waals surface area contributed by atoms with E-state index in [2.05, 4.69) is 19.2 Å². The van der Waals surface area contributed by atoms with Gasteiger partial charge >= 0.3 is 0 Å². The van der Waals surface area contributed by atoms with Gasteiger partial charge in [0.1, 0.15) is 0 Å². The molecule has 0 heterocycles. The highest BCUT2D eigenvalue weighted by Gasteiger charge is 2.42. The number of hydrogen-bond acceptors (Lipinski definition) is 2. The molecule has 16 heavy (non-hydrogen) atoms. The van der Waals surface area contributed by atoms with E-state index in [-0.39, 0.29) is 0 Å². The fraction of sp³-hybridized carbons (Fsp3) is 1.00. The molecule has 1 atom stereocenters. The molecule has 1 N–H and O–H groups in total. The minimum atomic E-state index is 0.570. The zero-order valence-corrected chi connectivity index (χ0v) is 11.1. The first-order valence-electron chi connectivity index (χ1n) is 6.78. The van der Waals surface area contributed by atoms with E-state index in [0.29, 0.717) is 10.8 Å². The molecule has 0 bridgehead atoms. The molecule has 2 fully saturated rings. The lowest BCUT2D eigenvalue weighted by atomic mass is 9.91. The molecule has 2 heteroatoms. The average molecular weight is 225 g/mol. The second-order valence-electron chi connectivity index (χ2n) is 6.73. The standard InChI is InChI=1S/C14H27NO/c1-13(2)5-4-12(10-13)15-11-14(6-7-14)8-9-16-3/h12,15H,4-11H2,1-3H3. The topological polar surface area (TPSA) is 21.3 Å². The van der Waals surface area contributed by atoms with Gasteiger partial charge in [-0.25, -0.2) is 0 Å². The van der Waals surface area contributed by atoms with E-state index in [4.69, 9.17) is 4.74 Å². The van der Waals surface area contributed by atoms with Gasteiger partial charge in [0.15, 0.2) is 0 Å². The van der Waals surface area contributed by atoms with Crippen LogP contribution in [0.2, 0.25) is 0 Å². The van der Waals surface area contributed by atoms with E-state index in [1.807, 2.05) is 7.11 Å². The first-order valence-corrected chi connectivity index (χ1v) is 6.78. The molecule has 1 unspecified atom stereocenters. The maximum absolute atomic E-state index is 5.19. The molecule has 0 saturated heterocycles. The Morgan fingerprint density at radius 3 is 2.50 bits per heavy atom. The summed E-state index contributed by atoms with van der Waals surface area (Å²) in [7, 11) is 1.81. The monoisotopic (exact) mass is 225 g/mol. The number of nitrogens with one attached hydrogen (secondary N) is 1. The molecule has 2 aliphatic rings. The van der Waals surface area contributed by atoms with E-state index in [1.165, 1.54) is 45.1 Å². The third kappa shape index (κ3) is 3.21.